The summed E-state index contributed by atoms with van der Waals surface area (Å²) in [5.41, 5.74) is 2.36. The lowest BCUT2D eigenvalue weighted by Gasteiger charge is -2.09. The highest BCUT2D eigenvalue weighted by atomic mass is 35.5. The summed E-state index contributed by atoms with van der Waals surface area (Å²) in [5.74, 6) is 0.150. The molecule has 2 heterocycles. The summed E-state index contributed by atoms with van der Waals surface area (Å²) >= 11 is 8.89. The molecule has 4 rings (SSSR count). The number of methoxy groups -OCH3 is 1. The van der Waals surface area contributed by atoms with E-state index in [4.69, 9.17) is 16.3 Å². The Morgan fingerprint density at radius 2 is 2.12 bits per heavy atom. The van der Waals surface area contributed by atoms with E-state index in [0.717, 1.165) is 48.1 Å². The summed E-state index contributed by atoms with van der Waals surface area (Å²) in [6.07, 6.45) is 6.77. The van der Waals surface area contributed by atoms with Crippen LogP contribution in [-0.2, 0) is 28.9 Å². The topological polar surface area (TPSA) is 86.1 Å². The van der Waals surface area contributed by atoms with E-state index in [-0.39, 0.29) is 11.7 Å². The number of rotatable bonds is 8. The van der Waals surface area contributed by atoms with Gasteiger partial charge in [-0.1, -0.05) is 48.0 Å². The number of aryl methyl sites for hydroxylation is 1. The largest absolute Gasteiger partial charge is 0.465 e. The van der Waals surface area contributed by atoms with E-state index in [2.05, 4.69) is 22.1 Å². The molecular formula is C24H25ClN4O3S2. The number of thiophene rings is 1. The van der Waals surface area contributed by atoms with Crippen molar-refractivity contribution >= 4 is 51.6 Å². The molecule has 0 bridgehead atoms. The van der Waals surface area contributed by atoms with Crippen LogP contribution in [0.25, 0.3) is 11.4 Å². The molecule has 0 radical (unpaired) electrons. The van der Waals surface area contributed by atoms with Crippen LogP contribution in [0.15, 0.2) is 42.1 Å². The molecule has 178 valence electrons. The Hall–Kier alpha value is -2.62. The maximum absolute atomic E-state index is 12.8. The number of carbonyl (C=O) groups is 2. The second-order valence-corrected chi connectivity index (χ2v) is 10.3. The van der Waals surface area contributed by atoms with Crippen molar-refractivity contribution in [1.29, 1.82) is 0 Å². The van der Waals surface area contributed by atoms with Crippen molar-refractivity contribution in [3.05, 3.63) is 57.9 Å². The Morgan fingerprint density at radius 3 is 2.88 bits per heavy atom. The first-order chi connectivity index (χ1) is 16.5. The van der Waals surface area contributed by atoms with Gasteiger partial charge in [-0.25, -0.2) is 4.79 Å². The molecule has 1 aromatic carbocycles. The summed E-state index contributed by atoms with van der Waals surface area (Å²) in [5, 5.41) is 13.3. The predicted molar refractivity (Wildman–Crippen MR) is 137 cm³/mol. The number of fused-ring (bicyclic) bond motifs is 1. The molecule has 0 aliphatic heterocycles. The molecule has 0 fully saturated rings. The highest BCUT2D eigenvalue weighted by Crippen LogP contribution is 2.38. The molecule has 3 aromatic rings. The number of nitrogens with one attached hydrogen (secondary N) is 1. The van der Waals surface area contributed by atoms with E-state index in [1.807, 2.05) is 22.8 Å². The number of halogens is 1. The van der Waals surface area contributed by atoms with Gasteiger partial charge >= 0.3 is 5.97 Å². The minimum absolute atomic E-state index is 0.119. The molecule has 10 heteroatoms. The van der Waals surface area contributed by atoms with Crippen LogP contribution in [0.1, 0.15) is 40.1 Å². The number of hydrogen-bond acceptors (Lipinski definition) is 7. The third-order valence-corrected chi connectivity index (χ3v) is 7.92. The van der Waals surface area contributed by atoms with Crippen LogP contribution in [0.4, 0.5) is 5.00 Å². The average Bonchev–Trinajstić information content (AvgIpc) is 3.29. The number of esters is 1. The first kappa shape index (κ1) is 24.5. The fourth-order valence-corrected chi connectivity index (χ4v) is 6.20. The Morgan fingerprint density at radius 1 is 1.29 bits per heavy atom. The van der Waals surface area contributed by atoms with Crippen LogP contribution in [0.3, 0.4) is 0 Å². The molecule has 1 N–H and O–H groups in total. The molecule has 34 heavy (non-hydrogen) atoms. The first-order valence-electron chi connectivity index (χ1n) is 11.0. The predicted octanol–water partition coefficient (Wildman–Crippen LogP) is 5.63. The number of hydrogen-bond donors (Lipinski definition) is 1. The van der Waals surface area contributed by atoms with Gasteiger partial charge in [0.15, 0.2) is 11.0 Å². The van der Waals surface area contributed by atoms with Crippen LogP contribution in [-0.4, -0.2) is 39.5 Å². The number of ether oxygens (including phenoxy) is 1. The third kappa shape index (κ3) is 5.37. The Bertz CT molecular complexity index is 1220. The van der Waals surface area contributed by atoms with Crippen molar-refractivity contribution < 1.29 is 14.3 Å². The van der Waals surface area contributed by atoms with Crippen LogP contribution in [0.2, 0.25) is 5.02 Å². The number of anilines is 1. The van der Waals surface area contributed by atoms with E-state index < -0.39 is 5.97 Å². The number of aromatic nitrogens is 3. The summed E-state index contributed by atoms with van der Waals surface area (Å²) in [4.78, 5) is 26.5. The first-order valence-corrected chi connectivity index (χ1v) is 13.1. The fraction of sp³-hybridized carbons (Fsp3) is 0.333. The molecule has 0 saturated heterocycles. The van der Waals surface area contributed by atoms with Gasteiger partial charge in [0, 0.05) is 22.0 Å². The standard InChI is InChI=1S/C24H25ClN4O3S2/c1-3-12-29-21(15-8-7-9-16(25)13-15)27-28-24(29)33-14-19(30)26-22-20(23(31)32-2)17-10-5-4-6-11-18(17)34-22/h3,7-9,13H,1,4-6,10-12,14H2,2H3,(H,26,30). The van der Waals surface area contributed by atoms with Crippen molar-refractivity contribution in [3.8, 4) is 11.4 Å². The van der Waals surface area contributed by atoms with Gasteiger partial charge in [0.05, 0.1) is 18.4 Å². The zero-order valence-electron chi connectivity index (χ0n) is 18.8. The summed E-state index contributed by atoms with van der Waals surface area (Å²) in [7, 11) is 1.37. The summed E-state index contributed by atoms with van der Waals surface area (Å²) in [6.45, 7) is 4.31. The van der Waals surface area contributed by atoms with Gasteiger partial charge in [-0.15, -0.1) is 28.1 Å². The van der Waals surface area contributed by atoms with Crippen LogP contribution >= 0.6 is 34.7 Å². The molecule has 0 atom stereocenters. The number of thioether (sulfide) groups is 1. The molecule has 0 unspecified atom stereocenters. The highest BCUT2D eigenvalue weighted by Gasteiger charge is 2.26. The van der Waals surface area contributed by atoms with Gasteiger partial charge in [0.2, 0.25) is 5.91 Å². The van der Waals surface area contributed by atoms with Crippen molar-refractivity contribution in [2.24, 2.45) is 0 Å². The minimum Gasteiger partial charge on any atom is -0.465 e. The quantitative estimate of drug-likeness (QED) is 0.181. The lowest BCUT2D eigenvalue weighted by Crippen LogP contribution is -2.16. The number of amides is 1. The van der Waals surface area contributed by atoms with Crippen molar-refractivity contribution in [2.45, 2.75) is 43.8 Å². The van der Waals surface area contributed by atoms with E-state index in [9.17, 15) is 9.59 Å². The molecule has 7 nitrogen and oxygen atoms in total. The third-order valence-electron chi connectivity index (χ3n) is 5.51. The molecular weight excluding hydrogens is 492 g/mol. The smallest absolute Gasteiger partial charge is 0.341 e. The number of allylic oxidation sites excluding steroid dienone is 1. The Labute approximate surface area is 211 Å². The summed E-state index contributed by atoms with van der Waals surface area (Å²) in [6, 6.07) is 7.38. The van der Waals surface area contributed by atoms with Gasteiger partial charge < -0.3 is 10.1 Å². The number of nitrogens with zero attached hydrogens (tertiary/aromatic N) is 3. The Balaban J connectivity index is 1.51. The van der Waals surface area contributed by atoms with Crippen molar-refractivity contribution in [1.82, 2.24) is 14.8 Å². The second kappa shape index (κ2) is 11.2. The van der Waals surface area contributed by atoms with E-state index in [1.54, 1.807) is 12.1 Å². The van der Waals surface area contributed by atoms with Gasteiger partial charge in [-0.3, -0.25) is 9.36 Å². The van der Waals surface area contributed by atoms with Crippen LogP contribution in [0, 0.1) is 0 Å². The minimum atomic E-state index is -0.403. The van der Waals surface area contributed by atoms with E-state index in [1.165, 1.54) is 30.2 Å². The van der Waals surface area contributed by atoms with Crippen molar-refractivity contribution in [3.63, 3.8) is 0 Å². The zero-order valence-corrected chi connectivity index (χ0v) is 21.2. The second-order valence-electron chi connectivity index (χ2n) is 7.81. The molecule has 0 spiro atoms. The molecule has 1 aliphatic carbocycles. The van der Waals surface area contributed by atoms with Gasteiger partial charge in [-0.2, -0.15) is 0 Å². The lowest BCUT2D eigenvalue weighted by atomic mass is 10.1. The van der Waals surface area contributed by atoms with Crippen molar-refractivity contribution in [2.75, 3.05) is 18.2 Å². The Kier molecular flexibility index (Phi) is 8.07. The lowest BCUT2D eigenvalue weighted by molar-refractivity contribution is -0.113. The van der Waals surface area contributed by atoms with Crippen LogP contribution < -0.4 is 5.32 Å². The SMILES string of the molecule is C=CCn1c(SCC(=O)Nc2sc3c(c2C(=O)OC)CCCCC3)nnc1-c1cccc(Cl)c1. The van der Waals surface area contributed by atoms with Gasteiger partial charge in [-0.05, 0) is 43.4 Å². The monoisotopic (exact) mass is 516 g/mol. The molecule has 2 aromatic heterocycles. The maximum Gasteiger partial charge on any atom is 0.341 e. The zero-order chi connectivity index (χ0) is 24.1. The highest BCUT2D eigenvalue weighted by molar-refractivity contribution is 7.99. The fourth-order valence-electron chi connectivity index (χ4n) is 3.97. The maximum atomic E-state index is 12.8. The molecule has 1 amide bonds. The normalized spacial score (nSPS) is 13.1. The average molecular weight is 517 g/mol. The number of benzene rings is 1. The van der Waals surface area contributed by atoms with Crippen LogP contribution in [0.5, 0.6) is 0 Å². The molecule has 1 aliphatic rings. The van der Waals surface area contributed by atoms with E-state index >= 15 is 0 Å². The van der Waals surface area contributed by atoms with E-state index in [0.29, 0.717) is 33.1 Å². The van der Waals surface area contributed by atoms with Gasteiger partial charge in [0.1, 0.15) is 5.00 Å². The summed E-state index contributed by atoms with van der Waals surface area (Å²) < 4.78 is 6.91. The molecule has 0 saturated carbocycles. The number of carbonyl (C=O) groups excluding carboxylic acids is 2. The van der Waals surface area contributed by atoms with Gasteiger partial charge in [0.25, 0.3) is 0 Å².